The fourth-order valence-electron chi connectivity index (χ4n) is 15.3. The van der Waals surface area contributed by atoms with Crippen molar-refractivity contribution >= 4 is 139 Å². The predicted octanol–water partition coefficient (Wildman–Crippen LogP) is 6.38. The highest BCUT2D eigenvalue weighted by Crippen LogP contribution is 2.44. The van der Waals surface area contributed by atoms with E-state index in [0.717, 1.165) is 91.3 Å². The number of thiophene rings is 3. The summed E-state index contributed by atoms with van der Waals surface area (Å²) in [5.41, 5.74) is 10.4. The summed E-state index contributed by atoms with van der Waals surface area (Å²) in [6.07, 6.45) is 5.78. The fraction of sp³-hybridized carbons (Fsp3) is 0.392. The average molecular weight is 1800 g/mol. The SMILES string of the molecule is Cc1sc(C(=O)c2cncnc2N[C@@H]2C[C@H](COS(N)(=O)=O)[C@@H](O)C2)cc1C1NCCc2ccc(Br)cc21.Cc1sc(C(=O)c2cncnc2N[C@@H]2C[C@H](COS(N)(=O)=O)[C@@H](O)[C@H]2O)cc1C1OCCc2ccccc21.NS(=O)(=O)OC[C@H]1C[C@@H](Nc2ncncc2C(=O)c2cc(C3NCCc4ccc(Cl)cc43)c(Cl)s2)[C@H](O)[C@@H]1O. The number of nitrogens with two attached hydrogens (primary N) is 3. The van der Waals surface area contributed by atoms with Gasteiger partial charge in [-0.05, 0) is 146 Å². The number of carbonyl (C=O) groups excluding carboxylic acids is 3. The molecule has 3 aliphatic carbocycles. The summed E-state index contributed by atoms with van der Waals surface area (Å²) in [5.74, 6) is -1.96. The van der Waals surface area contributed by atoms with E-state index in [4.69, 9.17) is 43.4 Å². The molecule has 32 nitrogen and oxygen atoms in total. The number of aliphatic hydroxyl groups excluding tert-OH is 5. The van der Waals surface area contributed by atoms with Crippen LogP contribution in [0, 0.1) is 31.6 Å². The highest BCUT2D eigenvalue weighted by atomic mass is 79.9. The van der Waals surface area contributed by atoms with Crippen LogP contribution in [0.4, 0.5) is 17.5 Å². The third-order valence-electron chi connectivity index (χ3n) is 21.0. The van der Waals surface area contributed by atoms with Crippen LogP contribution >= 0.6 is 73.1 Å². The predicted molar refractivity (Wildman–Crippen MR) is 433 cm³/mol. The Kier molecular flexibility index (Phi) is 27.2. The van der Waals surface area contributed by atoms with E-state index in [-0.39, 0.29) is 90.4 Å². The molecule has 0 spiro atoms. The zero-order chi connectivity index (χ0) is 81.9. The smallest absolute Gasteiger partial charge is 0.333 e. The molecule has 0 radical (unpaired) electrons. The Balaban J connectivity index is 0.000000150. The summed E-state index contributed by atoms with van der Waals surface area (Å²) in [6.45, 7) is 5.19. The monoisotopic (exact) mass is 1790 g/mol. The van der Waals surface area contributed by atoms with Crippen molar-refractivity contribution in [2.45, 2.75) is 126 Å². The molecule has 612 valence electrons. The molecule has 3 unspecified atom stereocenters. The molecule has 16 N–H and O–H groups in total. The molecule has 3 aliphatic heterocycles. The molecule has 14 atom stereocenters. The molecule has 0 amide bonds. The van der Waals surface area contributed by atoms with E-state index in [9.17, 15) is 65.2 Å². The molecule has 3 saturated carbocycles. The van der Waals surface area contributed by atoms with E-state index in [1.165, 1.54) is 76.9 Å². The molecule has 3 fully saturated rings. The average Bonchev–Trinajstić information content (AvgIpc) is 1.68. The Morgan fingerprint density at radius 1 is 0.530 bits per heavy atom. The van der Waals surface area contributed by atoms with Crippen LogP contribution in [0.15, 0.2) is 121 Å². The van der Waals surface area contributed by atoms with E-state index in [1.54, 1.807) is 6.07 Å². The van der Waals surface area contributed by atoms with Crippen LogP contribution in [0.3, 0.4) is 0 Å². The van der Waals surface area contributed by atoms with Gasteiger partial charge >= 0.3 is 30.9 Å². The number of aliphatic hydroxyl groups is 5. The number of rotatable bonds is 24. The Hall–Kier alpha value is -7.24. The van der Waals surface area contributed by atoms with Crippen LogP contribution in [0.1, 0.15) is 149 Å². The third kappa shape index (κ3) is 20.6. The van der Waals surface area contributed by atoms with Crippen molar-refractivity contribution in [2.75, 3.05) is 55.5 Å². The number of aryl methyl sites for hydroxylation is 2. The number of carbonyl (C=O) groups is 3. The van der Waals surface area contributed by atoms with E-state index in [2.05, 4.69) is 109 Å². The van der Waals surface area contributed by atoms with Crippen molar-refractivity contribution < 1.29 is 82.5 Å². The van der Waals surface area contributed by atoms with Crippen LogP contribution in [0.5, 0.6) is 0 Å². The Labute approximate surface area is 692 Å². The molecular formula is C74H81BrCl2N14O18S6. The molecule has 9 heterocycles. The topological polar surface area (TPSA) is 507 Å². The number of hydrogen-bond acceptors (Lipinski definition) is 32. The third-order valence-corrected chi connectivity index (χ3v) is 26.6. The maximum Gasteiger partial charge on any atom is 0.333 e. The first-order valence-corrected chi connectivity index (χ1v) is 44.6. The minimum atomic E-state index is -4.21. The number of ketones is 3. The van der Waals surface area contributed by atoms with Crippen LogP contribution < -0.4 is 42.0 Å². The van der Waals surface area contributed by atoms with Gasteiger partial charge in [-0.25, -0.2) is 45.3 Å². The van der Waals surface area contributed by atoms with E-state index in [0.29, 0.717) is 54.8 Å². The first kappa shape index (κ1) is 85.6. The fourth-order valence-corrected chi connectivity index (χ4v) is 20.3. The zero-order valence-corrected chi connectivity index (χ0v) is 69.3. The molecule has 0 bridgehead atoms. The molecule has 6 aromatic heterocycles. The Morgan fingerprint density at radius 3 is 1.52 bits per heavy atom. The second-order valence-corrected chi connectivity index (χ2v) is 37.7. The summed E-state index contributed by atoms with van der Waals surface area (Å²) in [7, 11) is -12.5. The summed E-state index contributed by atoms with van der Waals surface area (Å²) in [5, 5.41) is 83.8. The number of fused-ring (bicyclic) bond motifs is 3. The van der Waals surface area contributed by atoms with Gasteiger partial charge in [0.1, 0.15) is 54.7 Å². The number of nitrogens with one attached hydrogen (secondary N) is 5. The van der Waals surface area contributed by atoms with Crippen molar-refractivity contribution in [1.82, 2.24) is 40.5 Å². The van der Waals surface area contributed by atoms with E-state index < -0.39 is 97.9 Å². The molecular weight excluding hydrogens is 1720 g/mol. The second-order valence-electron chi connectivity index (χ2n) is 28.5. The maximum atomic E-state index is 13.6. The second kappa shape index (κ2) is 36.5. The number of halogens is 3. The maximum absolute atomic E-state index is 13.6. The van der Waals surface area contributed by atoms with Crippen molar-refractivity contribution in [2.24, 2.45) is 33.2 Å². The van der Waals surface area contributed by atoms with Crippen LogP contribution in [-0.2, 0) is 67.5 Å². The molecule has 41 heteroatoms. The number of anilines is 3. The van der Waals surface area contributed by atoms with Gasteiger partial charge in [-0.1, -0.05) is 75.5 Å². The van der Waals surface area contributed by atoms with Gasteiger partial charge in [-0.15, -0.1) is 34.0 Å². The highest BCUT2D eigenvalue weighted by Gasteiger charge is 2.45. The summed E-state index contributed by atoms with van der Waals surface area (Å²) < 4.78 is 88.2. The van der Waals surface area contributed by atoms with Crippen LogP contribution in [0.25, 0.3) is 0 Å². The number of aromatic nitrogens is 6. The Morgan fingerprint density at radius 2 is 0.983 bits per heavy atom. The summed E-state index contributed by atoms with van der Waals surface area (Å²) >= 11 is 20.4. The quantitative estimate of drug-likeness (QED) is 0.0292. The number of ether oxygens (including phenoxy) is 1. The van der Waals surface area contributed by atoms with Gasteiger partial charge in [-0.3, -0.25) is 26.9 Å². The highest BCUT2D eigenvalue weighted by molar-refractivity contribution is 9.10. The normalized spacial score (nSPS) is 24.5. The van der Waals surface area contributed by atoms with Gasteiger partial charge in [0.05, 0.1) is 105 Å². The van der Waals surface area contributed by atoms with Crippen molar-refractivity contribution in [1.29, 1.82) is 0 Å². The van der Waals surface area contributed by atoms with E-state index >= 15 is 0 Å². The molecule has 6 aliphatic rings. The minimum Gasteiger partial charge on any atom is -0.393 e. The molecule has 0 saturated heterocycles. The van der Waals surface area contributed by atoms with Gasteiger partial charge in [0.15, 0.2) is 0 Å². The van der Waals surface area contributed by atoms with Crippen LogP contribution in [0.2, 0.25) is 9.36 Å². The zero-order valence-electron chi connectivity index (χ0n) is 61.3. The lowest BCUT2D eigenvalue weighted by atomic mass is 9.90. The molecule has 115 heavy (non-hydrogen) atoms. The molecule has 3 aromatic carbocycles. The molecule has 9 aromatic rings. The standard InChI is InChI=1S/C25H28BrN5O5S2.C25H28N4O7S2.C24H25Cl2N5O6S2/c1-13-18(23-19-7-16(26)3-2-14(19)4-5-29-23)9-22(37-13)24(33)20-10-28-12-30-25(20)31-17-6-15(21(32)8-17)11-36-38(27,34)35;1-13-17(24-16-5-3-2-4-14(16)6-7-35-24)9-20(37-13)22(31)18-10-27-12-28-25(18)29-19-8-15(21(30)23(19)32)11-36-38(26,33)34;25-13-2-1-11-3-4-29-19(14(11)6-13)15-7-18(38-23(15)26)21(33)16-8-28-10-30-24(16)31-17-5-12(20(32)22(17)34)9-37-39(27,35)36/h2-3,7,9-10,12,15,17,21,23,29,32H,4-6,8,11H2,1H3,(H2,27,34,35)(H,28,30,31);2-5,9-10,12,15,19,21,23-24,30,32H,6-8,11H2,1H3,(H2,26,33,34)(H,27,28,29);1-2,6-8,10,12,17,19-20,22,29,32,34H,3-5,9H2,(H2,27,35,36)(H,28,30,31)/t15-,17-,21+,23?;15-,19-,21-,23+,24?;12-,17-,19?,20-,22+/m111/s1. The number of nitrogens with zero attached hydrogens (tertiary/aromatic N) is 6. The first-order valence-electron chi connectivity index (χ1n) is 36.2. The van der Waals surface area contributed by atoms with Crippen molar-refractivity contribution in [3.05, 3.63) is 221 Å². The molecule has 15 rings (SSSR count). The number of benzene rings is 3. The first-order chi connectivity index (χ1) is 54.7. The minimum absolute atomic E-state index is 0.00451. The lowest BCUT2D eigenvalue weighted by Gasteiger charge is -2.27. The van der Waals surface area contributed by atoms with Crippen LogP contribution in [-0.4, -0.2) is 186 Å². The lowest BCUT2D eigenvalue weighted by Crippen LogP contribution is -2.36. The number of hydrogen-bond donors (Lipinski definition) is 13. The van der Waals surface area contributed by atoms with E-state index in [1.807, 2.05) is 62.4 Å². The summed E-state index contributed by atoms with van der Waals surface area (Å²) in [4.78, 5) is 69.1. The Bertz CT molecular complexity index is 5460. The van der Waals surface area contributed by atoms with Gasteiger partial charge in [0, 0.05) is 80.3 Å². The van der Waals surface area contributed by atoms with Gasteiger partial charge in [0.25, 0.3) is 0 Å². The van der Waals surface area contributed by atoms with Gasteiger partial charge < -0.3 is 56.9 Å². The van der Waals surface area contributed by atoms with Gasteiger partial charge in [0.2, 0.25) is 17.3 Å². The van der Waals surface area contributed by atoms with Crippen molar-refractivity contribution in [3.63, 3.8) is 0 Å². The largest absolute Gasteiger partial charge is 0.393 e. The van der Waals surface area contributed by atoms with Crippen molar-refractivity contribution in [3.8, 4) is 0 Å². The van der Waals surface area contributed by atoms with Gasteiger partial charge in [-0.2, -0.15) is 25.3 Å². The lowest BCUT2D eigenvalue weighted by molar-refractivity contribution is 0.00774. The summed E-state index contributed by atoms with van der Waals surface area (Å²) in [6, 6.07) is 23.8.